The van der Waals surface area contributed by atoms with E-state index in [1.807, 2.05) is 12.1 Å². The van der Waals surface area contributed by atoms with Crippen molar-refractivity contribution in [3.05, 3.63) is 87.8 Å². The van der Waals surface area contributed by atoms with E-state index in [0.717, 1.165) is 46.4 Å². The molecule has 0 amide bonds. The predicted octanol–water partition coefficient (Wildman–Crippen LogP) is 3.45. The Hall–Kier alpha value is -3.07. The largest absolute Gasteiger partial charge is 0.293 e. The number of pyridine rings is 1. The van der Waals surface area contributed by atoms with E-state index in [9.17, 15) is 9.18 Å². The van der Waals surface area contributed by atoms with Crippen molar-refractivity contribution in [1.29, 1.82) is 0 Å². The van der Waals surface area contributed by atoms with Crippen LogP contribution in [-0.4, -0.2) is 10.8 Å². The fourth-order valence-corrected chi connectivity index (χ4v) is 4.27. The minimum atomic E-state index is -0.215. The van der Waals surface area contributed by atoms with E-state index in [0.29, 0.717) is 5.56 Å². The molecule has 2 aliphatic carbocycles. The second-order valence-corrected chi connectivity index (χ2v) is 7.23. The molecule has 3 aromatic rings. The lowest BCUT2D eigenvalue weighted by atomic mass is 9.82. The monoisotopic (exact) mass is 355 g/mol. The fourth-order valence-electron chi connectivity index (χ4n) is 4.27. The van der Waals surface area contributed by atoms with Crippen molar-refractivity contribution in [3.8, 4) is 11.1 Å². The van der Waals surface area contributed by atoms with Crippen molar-refractivity contribution in [2.75, 3.05) is 0 Å². The van der Waals surface area contributed by atoms with Gasteiger partial charge in [0.05, 0.1) is 0 Å². The Kier molecular flexibility index (Phi) is 3.75. The van der Waals surface area contributed by atoms with Gasteiger partial charge in [0.2, 0.25) is 0 Å². The van der Waals surface area contributed by atoms with E-state index in [-0.39, 0.29) is 17.5 Å². The number of aromatic nitrogens is 1. The van der Waals surface area contributed by atoms with Crippen LogP contribution < -0.4 is 10.4 Å². The lowest BCUT2D eigenvalue weighted by Gasteiger charge is -2.21. The third-order valence-corrected chi connectivity index (χ3v) is 5.64. The highest BCUT2D eigenvalue weighted by Gasteiger charge is 2.23. The van der Waals surface area contributed by atoms with Crippen LogP contribution in [0.1, 0.15) is 27.9 Å². The van der Waals surface area contributed by atoms with Gasteiger partial charge in [0, 0.05) is 23.9 Å². The second kappa shape index (κ2) is 6.27. The van der Waals surface area contributed by atoms with Crippen LogP contribution in [0.4, 0.5) is 4.39 Å². The van der Waals surface area contributed by atoms with Gasteiger partial charge >= 0.3 is 0 Å². The molecule has 0 spiro atoms. The minimum absolute atomic E-state index is 0.119. The van der Waals surface area contributed by atoms with Gasteiger partial charge in [-0.05, 0) is 76.2 Å². The molecule has 2 nitrogen and oxygen atoms in total. The number of ketones is 1. The number of Topliss-reactive ketones (excluding diaryl/α,β-unsaturated/α-hetero) is 1. The average molecular weight is 355 g/mol. The molecule has 1 atom stereocenters. The van der Waals surface area contributed by atoms with Gasteiger partial charge in [0.15, 0.2) is 5.78 Å². The zero-order chi connectivity index (χ0) is 18.4. The molecule has 0 fully saturated rings. The Morgan fingerprint density at radius 2 is 1.93 bits per heavy atom. The number of benzene rings is 2. The molecule has 2 aliphatic rings. The smallest absolute Gasteiger partial charge is 0.171 e. The fraction of sp³-hybridized carbons (Fsp3) is 0.167. The first kappa shape index (κ1) is 16.1. The summed E-state index contributed by atoms with van der Waals surface area (Å²) in [7, 11) is 0. The van der Waals surface area contributed by atoms with Gasteiger partial charge in [-0.15, -0.1) is 0 Å². The molecule has 2 aromatic carbocycles. The lowest BCUT2D eigenvalue weighted by Crippen LogP contribution is -2.37. The van der Waals surface area contributed by atoms with Crippen LogP contribution in [0.2, 0.25) is 0 Å². The van der Waals surface area contributed by atoms with Crippen LogP contribution in [0.3, 0.4) is 0 Å². The van der Waals surface area contributed by atoms with Crippen molar-refractivity contribution in [3.63, 3.8) is 0 Å². The number of halogens is 1. The second-order valence-electron chi connectivity index (χ2n) is 7.23. The molecule has 0 saturated heterocycles. The van der Waals surface area contributed by atoms with Gasteiger partial charge in [-0.3, -0.25) is 9.78 Å². The molecule has 0 saturated carbocycles. The summed E-state index contributed by atoms with van der Waals surface area (Å²) < 4.78 is 13.8. The molecule has 1 aromatic heterocycles. The summed E-state index contributed by atoms with van der Waals surface area (Å²) in [5.41, 5.74) is 5.08. The summed E-state index contributed by atoms with van der Waals surface area (Å²) >= 11 is 0. The number of hydrogen-bond donors (Lipinski definition) is 0. The zero-order valence-electron chi connectivity index (χ0n) is 14.8. The Morgan fingerprint density at radius 3 is 2.78 bits per heavy atom. The maximum atomic E-state index is 13.8. The van der Waals surface area contributed by atoms with E-state index in [4.69, 9.17) is 0 Å². The molecule has 0 bridgehead atoms. The minimum Gasteiger partial charge on any atom is -0.293 e. The molecular formula is C24H18FNO. The maximum absolute atomic E-state index is 13.8. The molecule has 0 N–H and O–H groups in total. The molecule has 3 heteroatoms. The number of aryl methyl sites for hydroxylation is 1. The van der Waals surface area contributed by atoms with Crippen molar-refractivity contribution in [2.24, 2.45) is 5.92 Å². The van der Waals surface area contributed by atoms with Crippen molar-refractivity contribution >= 4 is 17.9 Å². The van der Waals surface area contributed by atoms with Gasteiger partial charge in [-0.25, -0.2) is 4.39 Å². The summed E-state index contributed by atoms with van der Waals surface area (Å²) in [5, 5.41) is 2.27. The van der Waals surface area contributed by atoms with Gasteiger partial charge in [0.1, 0.15) is 5.82 Å². The highest BCUT2D eigenvalue weighted by atomic mass is 19.1. The standard InChI is InChI=1S/C24H18FNO/c25-19-8-5-16-7-9-20-21(23(16)13-19)10-6-15-3-4-17(12-22(15)20)24(27)18-2-1-11-26-14-18/h1-2,5-6,8-14,17H,3-4,7H2. The van der Waals surface area contributed by atoms with Crippen LogP contribution in [0.25, 0.3) is 23.3 Å². The number of carbonyl (C=O) groups excluding carboxylic acids is 1. The van der Waals surface area contributed by atoms with Crippen molar-refractivity contribution in [2.45, 2.75) is 19.3 Å². The van der Waals surface area contributed by atoms with Crippen LogP contribution in [0.15, 0.2) is 54.9 Å². The van der Waals surface area contributed by atoms with E-state index in [2.05, 4.69) is 29.3 Å². The number of fused-ring (bicyclic) bond motifs is 5. The molecule has 27 heavy (non-hydrogen) atoms. The van der Waals surface area contributed by atoms with Crippen molar-refractivity contribution in [1.82, 2.24) is 4.98 Å². The number of rotatable bonds is 2. The summed E-state index contributed by atoms with van der Waals surface area (Å²) in [4.78, 5) is 17.0. The summed E-state index contributed by atoms with van der Waals surface area (Å²) in [6, 6.07) is 12.8. The average Bonchev–Trinajstić information content (AvgIpc) is 2.73. The molecule has 5 rings (SSSR count). The molecule has 0 aliphatic heterocycles. The Balaban J connectivity index is 1.66. The number of hydrogen-bond acceptors (Lipinski definition) is 2. The van der Waals surface area contributed by atoms with Crippen molar-refractivity contribution < 1.29 is 9.18 Å². The number of nitrogens with zero attached hydrogens (tertiary/aromatic N) is 1. The lowest BCUT2D eigenvalue weighted by molar-refractivity contribution is 0.0946. The highest BCUT2D eigenvalue weighted by molar-refractivity contribution is 6.01. The number of carbonyl (C=O) groups is 1. The summed E-state index contributed by atoms with van der Waals surface area (Å²) in [5.74, 6) is -0.239. The molecular weight excluding hydrogens is 337 g/mol. The summed E-state index contributed by atoms with van der Waals surface area (Å²) in [6.45, 7) is 0. The molecule has 1 unspecified atom stereocenters. The molecule has 1 heterocycles. The quantitative estimate of drug-likeness (QED) is 0.659. The first-order chi connectivity index (χ1) is 13.2. The van der Waals surface area contributed by atoms with Crippen LogP contribution in [-0.2, 0) is 12.8 Å². The SMILES string of the molecule is O=C(c1cccnc1)C1C=c2c(ccc3c2=CCc2ccc(F)cc2-3)CC1. The van der Waals surface area contributed by atoms with E-state index < -0.39 is 0 Å². The first-order valence-corrected chi connectivity index (χ1v) is 9.28. The Bertz CT molecular complexity index is 1180. The Morgan fingerprint density at radius 1 is 1.04 bits per heavy atom. The Labute approximate surface area is 156 Å². The third-order valence-electron chi connectivity index (χ3n) is 5.64. The van der Waals surface area contributed by atoms with Gasteiger partial charge in [-0.2, -0.15) is 0 Å². The highest BCUT2D eigenvalue weighted by Crippen LogP contribution is 2.27. The van der Waals surface area contributed by atoms with Crippen LogP contribution in [0, 0.1) is 11.7 Å². The zero-order valence-corrected chi connectivity index (χ0v) is 14.8. The normalized spacial score (nSPS) is 17.0. The van der Waals surface area contributed by atoms with E-state index in [1.54, 1.807) is 24.5 Å². The first-order valence-electron chi connectivity index (χ1n) is 9.28. The van der Waals surface area contributed by atoms with E-state index in [1.165, 1.54) is 11.6 Å². The maximum Gasteiger partial charge on any atom is 0.171 e. The van der Waals surface area contributed by atoms with Gasteiger partial charge < -0.3 is 0 Å². The third kappa shape index (κ3) is 2.71. The molecule has 132 valence electrons. The van der Waals surface area contributed by atoms with Crippen LogP contribution >= 0.6 is 0 Å². The predicted molar refractivity (Wildman–Crippen MR) is 104 cm³/mol. The van der Waals surface area contributed by atoms with E-state index >= 15 is 0 Å². The van der Waals surface area contributed by atoms with Gasteiger partial charge in [0.25, 0.3) is 0 Å². The summed E-state index contributed by atoms with van der Waals surface area (Å²) in [6.07, 6.45) is 10.1. The molecule has 0 radical (unpaired) electrons. The van der Waals surface area contributed by atoms with Crippen LogP contribution in [0.5, 0.6) is 0 Å². The topological polar surface area (TPSA) is 30.0 Å². The van der Waals surface area contributed by atoms with Gasteiger partial charge in [-0.1, -0.05) is 30.4 Å².